The van der Waals surface area contributed by atoms with Crippen molar-refractivity contribution < 1.29 is 14.3 Å². The molecule has 0 N–H and O–H groups in total. The number of aryl methyl sites for hydroxylation is 3. The van der Waals surface area contributed by atoms with Crippen molar-refractivity contribution in [3.05, 3.63) is 106 Å². The van der Waals surface area contributed by atoms with Crippen molar-refractivity contribution in [3.63, 3.8) is 0 Å². The van der Waals surface area contributed by atoms with Crippen molar-refractivity contribution >= 4 is 24.0 Å². The molecule has 0 fully saturated rings. The van der Waals surface area contributed by atoms with Crippen molar-refractivity contribution in [1.82, 2.24) is 0 Å². The Balaban J connectivity index is -0.000000191. The largest absolute Gasteiger partial charge is 0.473 e. The number of carbonyl (C=O) groups is 2. The number of benzene rings is 2. The van der Waals surface area contributed by atoms with E-state index in [-0.39, 0.29) is 11.2 Å². The van der Waals surface area contributed by atoms with Crippen LogP contribution in [0.1, 0.15) is 146 Å². The number of nitrogens with zero attached hydrogens (tertiary/aromatic N) is 2. The minimum Gasteiger partial charge on any atom is -0.473 e. The zero-order valence-corrected chi connectivity index (χ0v) is 36.5. The molecule has 0 aliphatic heterocycles. The van der Waals surface area contributed by atoms with Gasteiger partial charge in [-0.2, -0.15) is 0 Å². The van der Waals surface area contributed by atoms with Gasteiger partial charge in [-0.3, -0.25) is 9.79 Å². The predicted octanol–water partition coefficient (Wildman–Crippen LogP) is 13.7. The number of hydrogen-bond donors (Lipinski definition) is 0. The van der Waals surface area contributed by atoms with E-state index in [0.29, 0.717) is 24.5 Å². The van der Waals surface area contributed by atoms with E-state index >= 15 is 0 Å². The quantitative estimate of drug-likeness (QED) is 0.0902. The minimum atomic E-state index is 0.0110. The highest BCUT2D eigenvalue weighted by atomic mass is 16.5. The zero-order chi connectivity index (χ0) is 41.0. The molecule has 5 heteroatoms. The van der Waals surface area contributed by atoms with Gasteiger partial charge in [0.25, 0.3) is 0 Å². The number of allylic oxidation sites excluding steroid dienone is 4. The lowest BCUT2D eigenvalue weighted by Crippen LogP contribution is -2.18. The summed E-state index contributed by atoms with van der Waals surface area (Å²) in [7, 11) is 1.85. The molecule has 0 atom stereocenters. The van der Waals surface area contributed by atoms with Crippen LogP contribution in [0.15, 0.2) is 93.8 Å². The molecule has 0 aliphatic carbocycles. The highest BCUT2D eigenvalue weighted by Crippen LogP contribution is 2.18. The summed E-state index contributed by atoms with van der Waals surface area (Å²) in [5.41, 5.74) is 9.50. The van der Waals surface area contributed by atoms with E-state index in [1.807, 2.05) is 66.8 Å². The van der Waals surface area contributed by atoms with Crippen molar-refractivity contribution in [2.24, 2.45) is 15.4 Å². The third-order valence-corrected chi connectivity index (χ3v) is 5.80. The zero-order valence-electron chi connectivity index (χ0n) is 36.5. The normalized spacial score (nSPS) is 10.4. The molecule has 5 nitrogen and oxygen atoms in total. The number of hydrogen-bond acceptors (Lipinski definition) is 5. The molecule has 2 rings (SSSR count). The van der Waals surface area contributed by atoms with Crippen LogP contribution in [-0.2, 0) is 27.4 Å². The monoisotopic (exact) mass is 707 g/mol. The van der Waals surface area contributed by atoms with Crippen LogP contribution in [0, 0.1) is 19.3 Å². The van der Waals surface area contributed by atoms with Crippen LogP contribution in [0.2, 0.25) is 0 Å². The summed E-state index contributed by atoms with van der Waals surface area (Å²) in [6.07, 6.45) is 7.38. The Labute approximate surface area is 316 Å². The van der Waals surface area contributed by atoms with Gasteiger partial charge in [0.15, 0.2) is 5.78 Å². The SMILES string of the molecule is C/C=N\C(OCc1ccccc1CC)=C(\CC)C(C)=O.C=C(C)C.CC.CC=O.CCC.CN=C(C=C(C)C)C(C)(C)C.Cc1ccc(C)cc1. The first-order valence-electron chi connectivity index (χ1n) is 18.5. The summed E-state index contributed by atoms with van der Waals surface area (Å²) >= 11 is 0. The highest BCUT2D eigenvalue weighted by molar-refractivity contribution is 5.99. The summed E-state index contributed by atoms with van der Waals surface area (Å²) in [6.45, 7) is 40.0. The van der Waals surface area contributed by atoms with Gasteiger partial charge in [0.2, 0.25) is 5.88 Å². The van der Waals surface area contributed by atoms with E-state index in [1.165, 1.54) is 41.2 Å². The molecular weight excluding hydrogens is 629 g/mol. The Morgan fingerprint density at radius 1 is 0.824 bits per heavy atom. The fraction of sp³-hybridized carbons (Fsp3) is 0.522. The molecule has 0 spiro atoms. The molecule has 51 heavy (non-hydrogen) atoms. The standard InChI is InChI=1S/C17H23NO2.C10H19N.C8H10.C4H8.C3H8.C2H4O.C2H6/c1-5-14-10-8-9-11-15(14)12-20-17(18-7-3)16(6-2)13(4)19;1-8(2)7-9(11-6)10(3,4)5;1-7-3-5-8(2)6-4-7;1-4(2)3;1-3-2;1-2-3;1-2/h7-11H,5-6,12H2,1-4H3;7H,1-6H3;3-6H,1-2H3;1H2,2-3H3;3H2,1-2H3;2H,1H3;1-2H3/b17-16+,18-7-;;;;;;. The molecule has 0 bridgehead atoms. The minimum absolute atomic E-state index is 0.0110. The average molecular weight is 707 g/mol. The van der Waals surface area contributed by atoms with E-state index in [4.69, 9.17) is 9.53 Å². The van der Waals surface area contributed by atoms with Crippen molar-refractivity contribution in [2.75, 3.05) is 7.05 Å². The number of aldehydes is 1. The molecule has 0 amide bonds. The van der Waals surface area contributed by atoms with Gasteiger partial charge >= 0.3 is 0 Å². The second-order valence-corrected chi connectivity index (χ2v) is 12.9. The number of Topliss-reactive ketones (excluding diaryl/α,β-unsaturated/α-hetero) is 1. The van der Waals surface area contributed by atoms with E-state index in [2.05, 4.69) is 122 Å². The molecular formula is C46H78N2O3. The molecule has 0 aromatic heterocycles. The molecule has 0 saturated carbocycles. The van der Waals surface area contributed by atoms with Crippen LogP contribution in [0.4, 0.5) is 0 Å². The topological polar surface area (TPSA) is 68.1 Å². The molecule has 0 radical (unpaired) electrons. The van der Waals surface area contributed by atoms with Gasteiger partial charge in [0.1, 0.15) is 12.9 Å². The Morgan fingerprint density at radius 3 is 1.47 bits per heavy atom. The van der Waals surface area contributed by atoms with Gasteiger partial charge in [-0.25, -0.2) is 4.99 Å². The van der Waals surface area contributed by atoms with Crippen LogP contribution in [-0.4, -0.2) is 31.0 Å². The number of carbonyl (C=O) groups excluding carboxylic acids is 2. The van der Waals surface area contributed by atoms with Crippen LogP contribution in [0.25, 0.3) is 0 Å². The van der Waals surface area contributed by atoms with Gasteiger partial charge in [-0.05, 0) is 92.4 Å². The summed E-state index contributed by atoms with van der Waals surface area (Å²) in [4.78, 5) is 28.9. The first kappa shape index (κ1) is 56.5. The maximum absolute atomic E-state index is 11.6. The van der Waals surface area contributed by atoms with Gasteiger partial charge in [0.05, 0.1) is 5.57 Å². The molecule has 290 valence electrons. The molecule has 0 saturated heterocycles. The summed E-state index contributed by atoms with van der Waals surface area (Å²) < 4.78 is 5.79. The van der Waals surface area contributed by atoms with E-state index in [0.717, 1.165) is 24.0 Å². The fourth-order valence-electron chi connectivity index (χ4n) is 3.59. The highest BCUT2D eigenvalue weighted by Gasteiger charge is 2.15. The molecule has 0 heterocycles. The lowest BCUT2D eigenvalue weighted by Gasteiger charge is -2.18. The van der Waals surface area contributed by atoms with E-state index < -0.39 is 0 Å². The van der Waals surface area contributed by atoms with Gasteiger partial charge < -0.3 is 9.53 Å². The average Bonchev–Trinajstić information content (AvgIpc) is 3.05. The molecule has 2 aromatic carbocycles. The maximum atomic E-state index is 11.6. The summed E-state index contributed by atoms with van der Waals surface area (Å²) in [5.74, 6) is 0.449. The van der Waals surface area contributed by atoms with Crippen LogP contribution >= 0.6 is 0 Å². The van der Waals surface area contributed by atoms with Gasteiger partial charge in [-0.1, -0.05) is 140 Å². The molecule has 0 unspecified atom stereocenters. The number of rotatable bonds is 8. The third kappa shape index (κ3) is 37.2. The van der Waals surface area contributed by atoms with E-state index in [1.54, 1.807) is 13.1 Å². The van der Waals surface area contributed by atoms with Crippen molar-refractivity contribution in [3.8, 4) is 0 Å². The fourth-order valence-corrected chi connectivity index (χ4v) is 3.59. The number of ether oxygens (including phenoxy) is 1. The van der Waals surface area contributed by atoms with Crippen molar-refractivity contribution in [1.29, 1.82) is 0 Å². The second-order valence-electron chi connectivity index (χ2n) is 12.9. The lowest BCUT2D eigenvalue weighted by atomic mass is 9.89. The lowest BCUT2D eigenvalue weighted by molar-refractivity contribution is -0.114. The van der Waals surface area contributed by atoms with E-state index in [9.17, 15) is 4.79 Å². The maximum Gasteiger partial charge on any atom is 0.220 e. The molecule has 0 aliphatic rings. The smallest absolute Gasteiger partial charge is 0.220 e. The second kappa shape index (κ2) is 37.4. The van der Waals surface area contributed by atoms with Gasteiger partial charge in [0, 0.05) is 24.4 Å². The Morgan fingerprint density at radius 2 is 1.22 bits per heavy atom. The van der Waals surface area contributed by atoms with Gasteiger partial charge in [-0.15, -0.1) is 6.58 Å². The van der Waals surface area contributed by atoms with Crippen LogP contribution in [0.3, 0.4) is 0 Å². The Bertz CT molecular complexity index is 1260. The Hall–Kier alpha value is -3.86. The van der Waals surface area contributed by atoms with Crippen molar-refractivity contribution in [2.45, 2.75) is 150 Å². The Kier molecular flexibility index (Phi) is 41.4. The molecule has 2 aromatic rings. The summed E-state index contributed by atoms with van der Waals surface area (Å²) in [5, 5.41) is 0. The predicted molar refractivity (Wildman–Crippen MR) is 230 cm³/mol. The summed E-state index contributed by atoms with van der Waals surface area (Å²) in [6, 6.07) is 16.6. The number of aliphatic imine (C=N–C) groups is 2. The first-order valence-corrected chi connectivity index (χ1v) is 18.5. The third-order valence-electron chi connectivity index (χ3n) is 5.80. The van der Waals surface area contributed by atoms with Crippen LogP contribution in [0.5, 0.6) is 0 Å². The number of ketones is 1. The first-order chi connectivity index (χ1) is 23.9. The van der Waals surface area contributed by atoms with Crippen LogP contribution < -0.4 is 0 Å².